The highest BCUT2D eigenvalue weighted by Gasteiger charge is 2.33. The first kappa shape index (κ1) is 27.0. The third-order valence-corrected chi connectivity index (χ3v) is 9.61. The number of nitrogens with zero attached hydrogens (tertiary/aromatic N) is 3. The number of pyridine rings is 1. The molecule has 11 heteroatoms. The molecule has 0 unspecified atom stereocenters. The SMILES string of the molecule is C[C@@H](Nc1c(C#N)cnc2c(Cl)cc(N[C@H](C3=CNNN3)c3csc4c3CCN(C3COC3)C4)cc12)c1ccccc1. The van der Waals surface area contributed by atoms with Gasteiger partial charge in [0.15, 0.2) is 0 Å². The fourth-order valence-electron chi connectivity index (χ4n) is 5.89. The van der Waals surface area contributed by atoms with Gasteiger partial charge in [-0.25, -0.2) is 0 Å². The maximum atomic E-state index is 9.98. The number of hydrogen-bond acceptors (Lipinski definition) is 10. The van der Waals surface area contributed by atoms with Crippen LogP contribution in [-0.2, 0) is 17.7 Å². The molecule has 3 aliphatic heterocycles. The van der Waals surface area contributed by atoms with Crippen molar-refractivity contribution in [2.24, 2.45) is 0 Å². The predicted octanol–water partition coefficient (Wildman–Crippen LogP) is 5.36. The average molecular weight is 599 g/mol. The van der Waals surface area contributed by atoms with Crippen LogP contribution in [0.3, 0.4) is 0 Å². The van der Waals surface area contributed by atoms with E-state index in [9.17, 15) is 5.26 Å². The molecular weight excluding hydrogens is 568 g/mol. The molecule has 1 fully saturated rings. The molecule has 0 saturated carbocycles. The van der Waals surface area contributed by atoms with Gasteiger partial charge in [-0.3, -0.25) is 9.88 Å². The first-order valence-corrected chi connectivity index (χ1v) is 15.3. The van der Waals surface area contributed by atoms with Gasteiger partial charge in [0.25, 0.3) is 0 Å². The number of anilines is 2. The molecule has 2 aromatic heterocycles. The van der Waals surface area contributed by atoms with E-state index in [1.807, 2.05) is 47.9 Å². The molecule has 0 bridgehead atoms. The molecule has 5 N–H and O–H groups in total. The molecule has 9 nitrogen and oxygen atoms in total. The molecule has 0 aliphatic carbocycles. The second-order valence-electron chi connectivity index (χ2n) is 10.9. The first-order valence-electron chi connectivity index (χ1n) is 14.1. The van der Waals surface area contributed by atoms with Crippen molar-refractivity contribution in [1.82, 2.24) is 26.3 Å². The maximum Gasteiger partial charge on any atom is 0.103 e. The summed E-state index contributed by atoms with van der Waals surface area (Å²) in [5.74, 6) is 0. The average Bonchev–Trinajstić information content (AvgIpc) is 3.66. The highest BCUT2D eigenvalue weighted by Crippen LogP contribution is 2.40. The molecule has 5 heterocycles. The molecule has 0 spiro atoms. The van der Waals surface area contributed by atoms with Crippen molar-refractivity contribution in [3.63, 3.8) is 0 Å². The number of thiophene rings is 1. The molecule has 0 radical (unpaired) electrons. The summed E-state index contributed by atoms with van der Waals surface area (Å²) in [5.41, 5.74) is 16.7. The van der Waals surface area contributed by atoms with Crippen LogP contribution in [0, 0.1) is 11.3 Å². The number of hydrazine groups is 2. The summed E-state index contributed by atoms with van der Waals surface area (Å²) in [5, 5.41) is 20.9. The standard InChI is InChI=1S/C31H31ClN8OS/c1-18(19-5-3-2-4-6-19)36-29-20(11-33)12-34-30-24(29)9-21(10-26(30)32)37-31(27-13-35-39-38-27)25-17-42-28-14-40(8-7-23(25)28)22-15-41-16-22/h2-6,9-10,12-13,17-18,22,31,35,37-39H,7-8,14-16H2,1H3,(H,34,36)/t18-,31+/m1/s1. The molecule has 7 rings (SSSR count). The zero-order chi connectivity index (χ0) is 28.6. The van der Waals surface area contributed by atoms with E-state index < -0.39 is 0 Å². The highest BCUT2D eigenvalue weighted by molar-refractivity contribution is 7.10. The van der Waals surface area contributed by atoms with Crippen molar-refractivity contribution in [3.8, 4) is 6.07 Å². The molecule has 0 amide bonds. The van der Waals surface area contributed by atoms with E-state index in [-0.39, 0.29) is 12.1 Å². The van der Waals surface area contributed by atoms with Crippen molar-refractivity contribution >= 4 is 45.2 Å². The number of fused-ring (bicyclic) bond motifs is 2. The molecule has 2 atom stereocenters. The Balaban J connectivity index is 1.25. The largest absolute Gasteiger partial charge is 0.378 e. The number of benzene rings is 2. The molecule has 214 valence electrons. The van der Waals surface area contributed by atoms with Crippen molar-refractivity contribution in [2.45, 2.75) is 38.0 Å². The molecule has 3 aliphatic rings. The lowest BCUT2D eigenvalue weighted by molar-refractivity contribution is -0.0691. The van der Waals surface area contributed by atoms with Crippen molar-refractivity contribution in [2.75, 3.05) is 30.4 Å². The Morgan fingerprint density at radius 1 is 1.21 bits per heavy atom. The van der Waals surface area contributed by atoms with Crippen LogP contribution < -0.4 is 27.0 Å². The number of aromatic nitrogens is 1. The first-order chi connectivity index (χ1) is 20.6. The number of halogens is 1. The fraction of sp³-hybridized carbons (Fsp3) is 0.290. The number of nitriles is 1. The van der Waals surface area contributed by atoms with Gasteiger partial charge in [0.2, 0.25) is 0 Å². The summed E-state index contributed by atoms with van der Waals surface area (Å²) >= 11 is 8.67. The van der Waals surface area contributed by atoms with E-state index in [1.165, 1.54) is 16.0 Å². The van der Waals surface area contributed by atoms with Crippen LogP contribution in [-0.4, -0.2) is 35.7 Å². The zero-order valence-electron chi connectivity index (χ0n) is 23.1. The Labute approximate surface area is 253 Å². The Morgan fingerprint density at radius 3 is 2.81 bits per heavy atom. The van der Waals surface area contributed by atoms with Gasteiger partial charge in [0.05, 0.1) is 52.8 Å². The Kier molecular flexibility index (Phi) is 7.36. The van der Waals surface area contributed by atoms with E-state index >= 15 is 0 Å². The lowest BCUT2D eigenvalue weighted by Gasteiger charge is -2.39. The summed E-state index contributed by atoms with van der Waals surface area (Å²) in [7, 11) is 0. The third kappa shape index (κ3) is 5.04. The second kappa shape index (κ2) is 11.4. The molecule has 1 saturated heterocycles. The van der Waals surface area contributed by atoms with Crippen molar-refractivity contribution < 1.29 is 4.74 Å². The van der Waals surface area contributed by atoms with Crippen LogP contribution >= 0.6 is 22.9 Å². The van der Waals surface area contributed by atoms with Gasteiger partial charge in [-0.2, -0.15) is 10.8 Å². The van der Waals surface area contributed by atoms with Crippen LogP contribution in [0.25, 0.3) is 10.9 Å². The predicted molar refractivity (Wildman–Crippen MR) is 167 cm³/mol. The molecule has 2 aromatic carbocycles. The second-order valence-corrected chi connectivity index (χ2v) is 12.2. The highest BCUT2D eigenvalue weighted by atomic mass is 35.5. The smallest absolute Gasteiger partial charge is 0.103 e. The summed E-state index contributed by atoms with van der Waals surface area (Å²) in [6, 6.07) is 16.8. The van der Waals surface area contributed by atoms with E-state index in [0.717, 1.165) is 60.7 Å². The minimum absolute atomic E-state index is 0.0274. The van der Waals surface area contributed by atoms with Crippen LogP contribution in [0.4, 0.5) is 11.4 Å². The van der Waals surface area contributed by atoms with E-state index in [0.29, 0.717) is 22.1 Å². The van der Waals surface area contributed by atoms with Gasteiger partial charge in [-0.05, 0) is 47.5 Å². The van der Waals surface area contributed by atoms with Gasteiger partial charge in [-0.15, -0.1) is 11.3 Å². The van der Waals surface area contributed by atoms with Gasteiger partial charge in [0.1, 0.15) is 6.07 Å². The van der Waals surface area contributed by atoms with Gasteiger partial charge < -0.3 is 26.2 Å². The summed E-state index contributed by atoms with van der Waals surface area (Å²) < 4.78 is 5.44. The molecule has 4 aromatic rings. The Bertz CT molecular complexity index is 1700. The van der Waals surface area contributed by atoms with Crippen LogP contribution in [0.2, 0.25) is 5.02 Å². The topological polar surface area (TPSA) is 109 Å². The van der Waals surface area contributed by atoms with Gasteiger partial charge >= 0.3 is 0 Å². The number of ether oxygens (including phenoxy) is 1. The Morgan fingerprint density at radius 2 is 2.07 bits per heavy atom. The number of rotatable bonds is 8. The zero-order valence-corrected chi connectivity index (χ0v) is 24.6. The number of hydrogen-bond donors (Lipinski definition) is 5. The van der Waals surface area contributed by atoms with E-state index in [4.69, 9.17) is 16.3 Å². The number of nitrogens with one attached hydrogen (secondary N) is 5. The van der Waals surface area contributed by atoms with Crippen molar-refractivity contribution in [3.05, 3.63) is 98.1 Å². The quantitative estimate of drug-likeness (QED) is 0.183. The monoisotopic (exact) mass is 598 g/mol. The molecule has 42 heavy (non-hydrogen) atoms. The van der Waals surface area contributed by atoms with Gasteiger partial charge in [-0.1, -0.05) is 41.9 Å². The normalized spacial score (nSPS) is 18.2. The minimum Gasteiger partial charge on any atom is -0.378 e. The molecular formula is C31H31ClN8OS. The lowest BCUT2D eigenvalue weighted by Crippen LogP contribution is -2.50. The van der Waals surface area contributed by atoms with E-state index in [2.05, 4.69) is 67.4 Å². The van der Waals surface area contributed by atoms with Crippen LogP contribution in [0.1, 0.15) is 46.1 Å². The van der Waals surface area contributed by atoms with Gasteiger partial charge in [0, 0.05) is 47.5 Å². The van der Waals surface area contributed by atoms with Crippen LogP contribution in [0.15, 0.2) is 65.9 Å². The minimum atomic E-state index is -0.147. The maximum absolute atomic E-state index is 9.98. The lowest BCUT2D eigenvalue weighted by atomic mass is 9.95. The summed E-state index contributed by atoms with van der Waals surface area (Å²) in [6.45, 7) is 5.73. The third-order valence-electron chi connectivity index (χ3n) is 8.29. The summed E-state index contributed by atoms with van der Waals surface area (Å²) in [6.07, 6.45) is 4.52. The Hall–Kier alpha value is -3.85. The van der Waals surface area contributed by atoms with Crippen molar-refractivity contribution in [1.29, 1.82) is 5.26 Å². The fourth-order valence-corrected chi connectivity index (χ4v) is 7.31. The summed E-state index contributed by atoms with van der Waals surface area (Å²) in [4.78, 5) is 8.51. The van der Waals surface area contributed by atoms with Crippen LogP contribution in [0.5, 0.6) is 0 Å². The van der Waals surface area contributed by atoms with E-state index in [1.54, 1.807) is 6.20 Å².